The molecule has 0 spiro atoms. The number of amides is 1. The molecule has 21 heavy (non-hydrogen) atoms. The molecule has 1 aromatic carbocycles. The Bertz CT molecular complexity index is 634. The predicted molar refractivity (Wildman–Crippen MR) is 85.9 cm³/mol. The van der Waals surface area contributed by atoms with Crippen molar-refractivity contribution in [3.8, 4) is 10.4 Å². The number of hydrogen-bond donors (Lipinski definition) is 1. The second-order valence-electron chi connectivity index (χ2n) is 5.12. The van der Waals surface area contributed by atoms with E-state index in [1.165, 1.54) is 11.3 Å². The fraction of sp³-hybridized carbons (Fsp3) is 0.312. The van der Waals surface area contributed by atoms with Gasteiger partial charge in [-0.3, -0.25) is 4.79 Å². The molecule has 0 saturated heterocycles. The van der Waals surface area contributed by atoms with E-state index in [0.717, 1.165) is 28.2 Å². The van der Waals surface area contributed by atoms with Crippen LogP contribution in [0.5, 0.6) is 0 Å². The van der Waals surface area contributed by atoms with Crippen molar-refractivity contribution in [3.05, 3.63) is 46.3 Å². The molecule has 2 aromatic rings. The lowest BCUT2D eigenvalue weighted by molar-refractivity contribution is 0.0712. The molecule has 1 N–H and O–H groups in total. The molecule has 0 radical (unpaired) electrons. The second-order valence-corrected chi connectivity index (χ2v) is 6.64. The molecule has 0 unspecified atom stereocenters. The number of carbonyl (C=O) groups is 1. The number of carbonyl (C=O) groups excluding carboxylic acids is 1. The lowest BCUT2D eigenvalue weighted by Gasteiger charge is -2.20. The van der Waals surface area contributed by atoms with Crippen LogP contribution in [0.25, 0.3) is 10.4 Å². The molecule has 1 saturated carbocycles. The number of aliphatic hydroxyl groups excluding tert-OH is 1. The molecule has 1 aliphatic carbocycles. The molecule has 5 heteroatoms. The summed E-state index contributed by atoms with van der Waals surface area (Å²) in [5, 5.41) is 9.82. The van der Waals surface area contributed by atoms with Gasteiger partial charge in [0.15, 0.2) is 0 Å². The minimum Gasteiger partial charge on any atom is -0.395 e. The number of aliphatic hydroxyl groups is 1. The van der Waals surface area contributed by atoms with Crippen LogP contribution >= 0.6 is 22.9 Å². The van der Waals surface area contributed by atoms with Crippen LogP contribution in [-0.4, -0.2) is 35.1 Å². The first kappa shape index (κ1) is 14.6. The Labute approximate surface area is 132 Å². The zero-order chi connectivity index (χ0) is 14.8. The zero-order valence-electron chi connectivity index (χ0n) is 11.5. The molecule has 0 aliphatic heterocycles. The van der Waals surface area contributed by atoms with E-state index in [9.17, 15) is 4.79 Å². The number of benzene rings is 1. The van der Waals surface area contributed by atoms with Crippen LogP contribution in [0, 0.1) is 0 Å². The molecule has 1 fully saturated rings. The molecular formula is C16H16ClNO2S. The van der Waals surface area contributed by atoms with Gasteiger partial charge in [-0.2, -0.15) is 0 Å². The first-order valence-corrected chi connectivity index (χ1v) is 8.16. The average molecular weight is 322 g/mol. The summed E-state index contributed by atoms with van der Waals surface area (Å²) < 4.78 is 0. The van der Waals surface area contributed by atoms with Gasteiger partial charge in [0.25, 0.3) is 5.91 Å². The third kappa shape index (κ3) is 3.28. The molecule has 1 aliphatic rings. The van der Waals surface area contributed by atoms with Gasteiger partial charge in [-0.15, -0.1) is 11.3 Å². The van der Waals surface area contributed by atoms with Crippen LogP contribution in [0.3, 0.4) is 0 Å². The molecule has 1 amide bonds. The van der Waals surface area contributed by atoms with E-state index in [1.54, 1.807) is 4.90 Å². The van der Waals surface area contributed by atoms with Gasteiger partial charge in [-0.05, 0) is 42.7 Å². The van der Waals surface area contributed by atoms with Crippen molar-refractivity contribution in [2.24, 2.45) is 0 Å². The smallest absolute Gasteiger partial charge is 0.264 e. The molecular weight excluding hydrogens is 306 g/mol. The van der Waals surface area contributed by atoms with Crippen LogP contribution in [0.2, 0.25) is 5.02 Å². The number of halogens is 1. The molecule has 0 bridgehead atoms. The topological polar surface area (TPSA) is 40.5 Å². The van der Waals surface area contributed by atoms with Gasteiger partial charge < -0.3 is 10.0 Å². The van der Waals surface area contributed by atoms with E-state index in [1.807, 2.05) is 36.4 Å². The van der Waals surface area contributed by atoms with Crippen LogP contribution in [-0.2, 0) is 0 Å². The largest absolute Gasteiger partial charge is 0.395 e. The van der Waals surface area contributed by atoms with Gasteiger partial charge in [0.1, 0.15) is 0 Å². The van der Waals surface area contributed by atoms with Gasteiger partial charge in [0.05, 0.1) is 11.5 Å². The molecule has 0 atom stereocenters. The van der Waals surface area contributed by atoms with Gasteiger partial charge in [-0.25, -0.2) is 0 Å². The van der Waals surface area contributed by atoms with Crippen molar-refractivity contribution in [3.63, 3.8) is 0 Å². The number of thiophene rings is 1. The van der Waals surface area contributed by atoms with Gasteiger partial charge in [0.2, 0.25) is 0 Å². The lowest BCUT2D eigenvalue weighted by atomic mass is 10.2. The third-order valence-electron chi connectivity index (χ3n) is 3.53. The summed E-state index contributed by atoms with van der Waals surface area (Å²) in [5.74, 6) is 0.0248. The van der Waals surface area contributed by atoms with E-state index < -0.39 is 0 Å². The minimum absolute atomic E-state index is 0.0116. The first-order chi connectivity index (χ1) is 10.2. The van der Waals surface area contributed by atoms with Crippen molar-refractivity contribution in [2.45, 2.75) is 18.9 Å². The summed E-state index contributed by atoms with van der Waals surface area (Å²) in [6.45, 7) is 0.426. The third-order valence-corrected chi connectivity index (χ3v) is 4.91. The van der Waals surface area contributed by atoms with E-state index in [-0.39, 0.29) is 12.5 Å². The second kappa shape index (κ2) is 6.18. The van der Waals surface area contributed by atoms with Crippen molar-refractivity contribution in [1.82, 2.24) is 4.90 Å². The summed E-state index contributed by atoms with van der Waals surface area (Å²) in [6, 6.07) is 11.7. The Kier molecular flexibility index (Phi) is 4.29. The standard InChI is InChI=1S/C16H16ClNO2S/c17-12-3-1-11(2-4-12)14-7-8-15(21-14)16(20)18(9-10-19)13-5-6-13/h1-4,7-8,13,19H,5-6,9-10H2. The maximum absolute atomic E-state index is 12.5. The van der Waals surface area contributed by atoms with Crippen LogP contribution in [0.4, 0.5) is 0 Å². The van der Waals surface area contributed by atoms with Crippen molar-refractivity contribution in [2.75, 3.05) is 13.2 Å². The SMILES string of the molecule is O=C(c1ccc(-c2ccc(Cl)cc2)s1)N(CCO)C1CC1. The Morgan fingerprint density at radius 3 is 2.57 bits per heavy atom. The Morgan fingerprint density at radius 1 is 1.24 bits per heavy atom. The van der Waals surface area contributed by atoms with Crippen LogP contribution in [0.15, 0.2) is 36.4 Å². The normalized spacial score (nSPS) is 14.2. The number of hydrogen-bond acceptors (Lipinski definition) is 3. The quantitative estimate of drug-likeness (QED) is 0.913. The number of nitrogens with zero attached hydrogens (tertiary/aromatic N) is 1. The van der Waals surface area contributed by atoms with Crippen molar-refractivity contribution >= 4 is 28.8 Å². The fourth-order valence-corrected chi connectivity index (χ4v) is 3.40. The Hall–Kier alpha value is -1.36. The van der Waals surface area contributed by atoms with E-state index >= 15 is 0 Å². The van der Waals surface area contributed by atoms with E-state index in [0.29, 0.717) is 17.6 Å². The van der Waals surface area contributed by atoms with E-state index in [4.69, 9.17) is 16.7 Å². The summed E-state index contributed by atoms with van der Waals surface area (Å²) in [6.07, 6.45) is 2.09. The maximum atomic E-state index is 12.5. The Balaban J connectivity index is 1.80. The average Bonchev–Trinajstić information content (AvgIpc) is 3.21. The summed E-state index contributed by atoms with van der Waals surface area (Å²) in [7, 11) is 0. The van der Waals surface area contributed by atoms with Gasteiger partial charge in [-0.1, -0.05) is 23.7 Å². The van der Waals surface area contributed by atoms with Crippen molar-refractivity contribution in [1.29, 1.82) is 0 Å². The highest BCUT2D eigenvalue weighted by Gasteiger charge is 2.33. The summed E-state index contributed by atoms with van der Waals surface area (Å²) in [4.78, 5) is 16.1. The highest BCUT2D eigenvalue weighted by atomic mass is 35.5. The molecule has 3 rings (SSSR count). The Morgan fingerprint density at radius 2 is 1.95 bits per heavy atom. The summed E-state index contributed by atoms with van der Waals surface area (Å²) >= 11 is 7.38. The van der Waals surface area contributed by atoms with Crippen LogP contribution in [0.1, 0.15) is 22.5 Å². The zero-order valence-corrected chi connectivity index (χ0v) is 13.0. The van der Waals surface area contributed by atoms with Gasteiger partial charge >= 0.3 is 0 Å². The van der Waals surface area contributed by atoms with Gasteiger partial charge in [0, 0.05) is 22.5 Å². The molecule has 3 nitrogen and oxygen atoms in total. The van der Waals surface area contributed by atoms with Crippen LogP contribution < -0.4 is 0 Å². The molecule has 110 valence electrons. The summed E-state index contributed by atoms with van der Waals surface area (Å²) in [5.41, 5.74) is 1.06. The molecule has 1 aromatic heterocycles. The minimum atomic E-state index is 0.0116. The highest BCUT2D eigenvalue weighted by Crippen LogP contribution is 2.32. The molecule has 1 heterocycles. The monoisotopic (exact) mass is 321 g/mol. The maximum Gasteiger partial charge on any atom is 0.264 e. The predicted octanol–water partition coefficient (Wildman–Crippen LogP) is 3.67. The highest BCUT2D eigenvalue weighted by molar-refractivity contribution is 7.17. The lowest BCUT2D eigenvalue weighted by Crippen LogP contribution is -2.34. The van der Waals surface area contributed by atoms with E-state index in [2.05, 4.69) is 0 Å². The first-order valence-electron chi connectivity index (χ1n) is 6.96. The van der Waals surface area contributed by atoms with Crippen molar-refractivity contribution < 1.29 is 9.90 Å². The number of rotatable bonds is 5. The fourth-order valence-electron chi connectivity index (χ4n) is 2.31.